The zero-order valence-electron chi connectivity index (χ0n) is 5.59. The van der Waals surface area contributed by atoms with Crippen molar-refractivity contribution in [3.05, 3.63) is 0 Å². The molecule has 0 spiro atoms. The van der Waals surface area contributed by atoms with Crippen LogP contribution in [-0.2, 0) is 4.28 Å². The lowest BCUT2D eigenvalue weighted by Crippen LogP contribution is -1.53. The van der Waals surface area contributed by atoms with Gasteiger partial charge in [0, 0.05) is 23.0 Å². The molecule has 0 N–H and O–H groups in total. The largest absolute Gasteiger partial charge is 0.305 e. The topological polar surface area (TPSA) is 82.5 Å². The Hall–Kier alpha value is -2.04. The molecule has 0 radical (unpaired) electrons. The molecule has 0 aromatic carbocycles. The first-order valence-corrected chi connectivity index (χ1v) is 2.78. The van der Waals surface area contributed by atoms with Gasteiger partial charge in [-0.1, -0.05) is 5.11 Å². The van der Waals surface area contributed by atoms with Crippen LogP contribution in [0.2, 0.25) is 0 Å². The third-order valence-corrected chi connectivity index (χ3v) is 0.518. The molecule has 0 aliphatic rings. The molecular weight excluding hydrogens is 178 g/mol. The van der Waals surface area contributed by atoms with E-state index in [1.165, 1.54) is 0 Å². The summed E-state index contributed by atoms with van der Waals surface area (Å²) in [5.41, 5.74) is 0. The fraction of sp³-hybridized carbons (Fsp3) is 0. The molecule has 0 unspecified atom stereocenters. The van der Waals surface area contributed by atoms with Crippen LogP contribution >= 0.6 is 12.9 Å². The van der Waals surface area contributed by atoms with Crippen LogP contribution < -0.4 is 0 Å². The highest BCUT2D eigenvalue weighted by atomic mass is 32.1. The molecule has 12 heavy (non-hydrogen) atoms. The maximum absolute atomic E-state index is 7.93. The van der Waals surface area contributed by atoms with Crippen LogP contribution in [0, 0.1) is 35.1 Å². The molecule has 58 valence electrons. The quantitative estimate of drug-likeness (QED) is 0.226. The Morgan fingerprint density at radius 2 is 2.00 bits per heavy atom. The Kier molecular flexibility index (Phi) is 7.44. The van der Waals surface area contributed by atoms with Crippen molar-refractivity contribution in [1.82, 2.24) is 0 Å². The summed E-state index contributed by atoms with van der Waals surface area (Å²) in [6.45, 7) is 0. The third kappa shape index (κ3) is 7.96. The summed E-state index contributed by atoms with van der Waals surface area (Å²) in [5, 5.41) is 20.0. The van der Waals surface area contributed by atoms with Crippen molar-refractivity contribution in [3.8, 4) is 29.9 Å². The van der Waals surface area contributed by atoms with Crippen LogP contribution in [-0.4, -0.2) is 0 Å². The summed E-state index contributed by atoms with van der Waals surface area (Å²) >= 11 is 3.24. The second-order valence-corrected chi connectivity index (χ2v) is 1.20. The molecule has 0 fully saturated rings. The Morgan fingerprint density at radius 3 is 2.67 bits per heavy atom. The van der Waals surface area contributed by atoms with Crippen molar-refractivity contribution in [2.75, 3.05) is 0 Å². The highest BCUT2D eigenvalue weighted by Crippen LogP contribution is 1.82. The average Bonchev–Trinajstić information content (AvgIpc) is 2.10. The van der Waals surface area contributed by atoms with Crippen LogP contribution in [0.25, 0.3) is 0 Å². The summed E-state index contributed by atoms with van der Waals surface area (Å²) in [5.74, 6) is 6.43. The Morgan fingerprint density at radius 1 is 1.17 bits per heavy atom. The fourth-order valence-electron chi connectivity index (χ4n) is 0.187. The summed E-state index contributed by atoms with van der Waals surface area (Å²) < 4.78 is 3.87. The molecule has 6 nitrogen and oxygen atoms in total. The van der Waals surface area contributed by atoms with Crippen LogP contribution in [0.5, 0.6) is 0 Å². The van der Waals surface area contributed by atoms with Gasteiger partial charge in [0.25, 0.3) is 0 Å². The van der Waals surface area contributed by atoms with E-state index in [0.29, 0.717) is 0 Å². The van der Waals surface area contributed by atoms with E-state index in [2.05, 4.69) is 55.9 Å². The van der Waals surface area contributed by atoms with Crippen LogP contribution in [0.3, 0.4) is 0 Å². The molecule has 0 atom stereocenters. The SMILES string of the molecule is N#CC#CC#CN=N/N=N/OS. The van der Waals surface area contributed by atoms with Gasteiger partial charge in [0.2, 0.25) is 0 Å². The summed E-state index contributed by atoms with van der Waals surface area (Å²) in [4.78, 5) is 0. The molecule has 0 saturated heterocycles. The fourth-order valence-corrected chi connectivity index (χ4v) is 0.220. The van der Waals surface area contributed by atoms with Gasteiger partial charge in [0.05, 0.1) is 24.2 Å². The van der Waals surface area contributed by atoms with Crippen LogP contribution in [0.4, 0.5) is 0 Å². The highest BCUT2D eigenvalue weighted by Gasteiger charge is 1.63. The van der Waals surface area contributed by atoms with Crippen molar-refractivity contribution in [3.63, 3.8) is 0 Å². The Bertz CT molecular complexity index is 333. The van der Waals surface area contributed by atoms with Crippen molar-refractivity contribution in [2.45, 2.75) is 0 Å². The number of nitrogens with zero attached hydrogens (tertiary/aromatic N) is 5. The maximum atomic E-state index is 7.93. The van der Waals surface area contributed by atoms with Gasteiger partial charge in [0.15, 0.2) is 6.07 Å². The minimum atomic E-state index is 1.57. The third-order valence-electron chi connectivity index (χ3n) is 0.445. The van der Waals surface area contributed by atoms with Gasteiger partial charge in [-0.2, -0.15) is 5.26 Å². The normalized spacial score (nSPS) is 8.00. The number of rotatable bonds is 2. The molecule has 0 aliphatic heterocycles. The Balaban J connectivity index is 3.80. The number of nitriles is 1. The molecular formula is C5HN5OS. The minimum absolute atomic E-state index is 1.57. The first kappa shape index (κ1) is 9.96. The predicted molar refractivity (Wildman–Crippen MR) is 40.9 cm³/mol. The maximum Gasteiger partial charge on any atom is 0.153 e. The zero-order chi connectivity index (χ0) is 9.07. The monoisotopic (exact) mass is 179 g/mol. The first-order chi connectivity index (χ1) is 5.91. The van der Waals surface area contributed by atoms with E-state index in [0.717, 1.165) is 0 Å². The first-order valence-electron chi connectivity index (χ1n) is 2.41. The van der Waals surface area contributed by atoms with E-state index in [4.69, 9.17) is 5.26 Å². The molecule has 0 aromatic heterocycles. The highest BCUT2D eigenvalue weighted by molar-refractivity contribution is 7.75. The molecule has 0 saturated carbocycles. The van der Waals surface area contributed by atoms with Gasteiger partial charge in [-0.25, -0.2) is 0 Å². The van der Waals surface area contributed by atoms with Crippen molar-refractivity contribution < 1.29 is 4.28 Å². The van der Waals surface area contributed by atoms with Gasteiger partial charge in [-0.3, -0.25) is 0 Å². The summed E-state index contributed by atoms with van der Waals surface area (Å²) in [6, 6.07) is 3.70. The molecule has 0 amide bonds. The summed E-state index contributed by atoms with van der Waals surface area (Å²) in [6.07, 6.45) is 0. The van der Waals surface area contributed by atoms with Gasteiger partial charge in [-0.15, -0.1) is 0 Å². The van der Waals surface area contributed by atoms with Gasteiger partial charge < -0.3 is 4.28 Å². The van der Waals surface area contributed by atoms with Crippen molar-refractivity contribution in [2.24, 2.45) is 20.8 Å². The van der Waals surface area contributed by atoms with E-state index >= 15 is 0 Å². The smallest absolute Gasteiger partial charge is 0.153 e. The lowest BCUT2D eigenvalue weighted by Gasteiger charge is -1.71. The van der Waals surface area contributed by atoms with E-state index in [1.807, 2.05) is 5.92 Å². The molecule has 0 bridgehead atoms. The van der Waals surface area contributed by atoms with E-state index < -0.39 is 0 Å². The van der Waals surface area contributed by atoms with Gasteiger partial charge in [0.1, 0.15) is 0 Å². The van der Waals surface area contributed by atoms with Crippen molar-refractivity contribution in [1.29, 1.82) is 5.26 Å². The standard InChI is InChI=1S/C5HN5OS/c6-4-2-1-3-5-7-8-9-10-11-12/h12H/b8-7?,10-9+. The predicted octanol–water partition coefficient (Wildman–Crippen LogP) is 1.07. The molecule has 0 aliphatic carbocycles. The lowest BCUT2D eigenvalue weighted by atomic mass is 10.6. The van der Waals surface area contributed by atoms with Crippen LogP contribution in [0.1, 0.15) is 0 Å². The second kappa shape index (κ2) is 8.96. The van der Waals surface area contributed by atoms with E-state index in [-0.39, 0.29) is 0 Å². The second-order valence-electron chi connectivity index (χ2n) is 1.04. The molecule has 0 aromatic rings. The van der Waals surface area contributed by atoms with E-state index in [9.17, 15) is 0 Å². The Labute approximate surface area is 73.9 Å². The minimum Gasteiger partial charge on any atom is -0.305 e. The molecule has 7 heteroatoms. The lowest BCUT2D eigenvalue weighted by molar-refractivity contribution is 0.368. The van der Waals surface area contributed by atoms with Crippen LogP contribution in [0.15, 0.2) is 20.8 Å². The number of thiol groups is 1. The molecule has 0 heterocycles. The average molecular weight is 179 g/mol. The number of hydrogen-bond acceptors (Lipinski definition) is 5. The summed E-state index contributed by atoms with van der Waals surface area (Å²) in [7, 11) is 0. The van der Waals surface area contributed by atoms with Crippen molar-refractivity contribution >= 4 is 12.9 Å². The molecule has 0 rings (SSSR count). The van der Waals surface area contributed by atoms with Gasteiger partial charge in [-0.05, 0) is 5.22 Å². The van der Waals surface area contributed by atoms with E-state index in [1.54, 1.807) is 6.07 Å². The zero-order valence-corrected chi connectivity index (χ0v) is 6.49. The number of hydrogen-bond donors (Lipinski definition) is 1. The van der Waals surface area contributed by atoms with Gasteiger partial charge >= 0.3 is 0 Å².